The molecule has 0 atom stereocenters. The molecule has 0 aliphatic carbocycles. The zero-order valence-corrected chi connectivity index (χ0v) is 9.51. The predicted molar refractivity (Wildman–Crippen MR) is 57.9 cm³/mol. The summed E-state index contributed by atoms with van der Waals surface area (Å²) >= 11 is 0. The minimum absolute atomic E-state index is 0.766. The van der Waals surface area contributed by atoms with Gasteiger partial charge in [0.25, 0.3) is 0 Å². The lowest BCUT2D eigenvalue weighted by molar-refractivity contribution is 0.101. The van der Waals surface area contributed by atoms with Crippen molar-refractivity contribution in [2.24, 2.45) is 11.8 Å². The molecule has 2 nitrogen and oxygen atoms in total. The number of nitrogens with one attached hydrogen (secondary N) is 1. The molecular weight excluding hydrogens is 160 g/mol. The summed E-state index contributed by atoms with van der Waals surface area (Å²) in [5.41, 5.74) is 0. The second-order valence-corrected chi connectivity index (χ2v) is 4.76. The van der Waals surface area contributed by atoms with Crippen LogP contribution in [-0.2, 0) is 0 Å². The highest BCUT2D eigenvalue weighted by Gasteiger charge is 2.25. The van der Waals surface area contributed by atoms with Crippen molar-refractivity contribution in [2.75, 3.05) is 26.2 Å². The molecule has 1 aliphatic rings. The highest BCUT2D eigenvalue weighted by molar-refractivity contribution is 4.81. The van der Waals surface area contributed by atoms with Crippen molar-refractivity contribution >= 4 is 0 Å². The molecule has 0 aromatic rings. The molecule has 0 aromatic heterocycles. The first-order chi connectivity index (χ1) is 6.13. The predicted octanol–water partition coefficient (Wildman–Crippen LogP) is 1.57. The Morgan fingerprint density at radius 2 is 1.38 bits per heavy atom. The first-order valence-corrected chi connectivity index (χ1v) is 5.57. The summed E-state index contributed by atoms with van der Waals surface area (Å²) < 4.78 is 0. The van der Waals surface area contributed by atoms with E-state index < -0.39 is 0 Å². The molecule has 0 aromatic carbocycles. The SMILES string of the molecule is CC(C)C(C(C)C)N1CCNCC1. The highest BCUT2D eigenvalue weighted by atomic mass is 15.2. The Morgan fingerprint density at radius 3 is 1.77 bits per heavy atom. The van der Waals surface area contributed by atoms with E-state index in [-0.39, 0.29) is 0 Å². The monoisotopic (exact) mass is 184 g/mol. The minimum atomic E-state index is 0.766. The van der Waals surface area contributed by atoms with Gasteiger partial charge in [-0.15, -0.1) is 0 Å². The van der Waals surface area contributed by atoms with Gasteiger partial charge in [-0.25, -0.2) is 0 Å². The van der Waals surface area contributed by atoms with E-state index in [0.29, 0.717) is 0 Å². The number of nitrogens with zero attached hydrogens (tertiary/aromatic N) is 1. The summed E-state index contributed by atoms with van der Waals surface area (Å²) in [5.74, 6) is 1.55. The topological polar surface area (TPSA) is 15.3 Å². The molecule has 0 amide bonds. The van der Waals surface area contributed by atoms with Crippen molar-refractivity contribution in [1.82, 2.24) is 10.2 Å². The van der Waals surface area contributed by atoms with Gasteiger partial charge in [-0.3, -0.25) is 4.90 Å². The quantitative estimate of drug-likeness (QED) is 0.716. The van der Waals surface area contributed by atoms with Crippen molar-refractivity contribution in [2.45, 2.75) is 33.7 Å². The standard InChI is InChI=1S/C11H24N2/c1-9(2)11(10(3)4)13-7-5-12-6-8-13/h9-12H,5-8H2,1-4H3. The normalized spacial score (nSPS) is 20.5. The van der Waals surface area contributed by atoms with Crippen molar-refractivity contribution in [1.29, 1.82) is 0 Å². The Bertz CT molecular complexity index is 129. The van der Waals surface area contributed by atoms with E-state index in [0.717, 1.165) is 31.0 Å². The lowest BCUT2D eigenvalue weighted by atomic mass is 9.91. The third kappa shape index (κ3) is 2.96. The van der Waals surface area contributed by atoms with Crippen LogP contribution in [-0.4, -0.2) is 37.1 Å². The van der Waals surface area contributed by atoms with Crippen LogP contribution in [0.2, 0.25) is 0 Å². The van der Waals surface area contributed by atoms with Crippen LogP contribution in [0.4, 0.5) is 0 Å². The summed E-state index contributed by atoms with van der Waals surface area (Å²) in [5, 5.41) is 3.41. The van der Waals surface area contributed by atoms with Crippen LogP contribution < -0.4 is 5.32 Å². The van der Waals surface area contributed by atoms with Crippen LogP contribution in [0.1, 0.15) is 27.7 Å². The molecule has 1 heterocycles. The molecule has 0 radical (unpaired) electrons. The number of hydrogen-bond donors (Lipinski definition) is 1. The molecule has 13 heavy (non-hydrogen) atoms. The zero-order chi connectivity index (χ0) is 9.84. The second-order valence-electron chi connectivity index (χ2n) is 4.76. The second kappa shape index (κ2) is 4.97. The van der Waals surface area contributed by atoms with Gasteiger partial charge in [-0.2, -0.15) is 0 Å². The number of piperazine rings is 1. The Morgan fingerprint density at radius 1 is 0.923 bits per heavy atom. The van der Waals surface area contributed by atoms with Gasteiger partial charge in [0.15, 0.2) is 0 Å². The maximum Gasteiger partial charge on any atom is 0.0142 e. The summed E-state index contributed by atoms with van der Waals surface area (Å²) in [6.45, 7) is 14.1. The molecular formula is C11H24N2. The van der Waals surface area contributed by atoms with Gasteiger partial charge < -0.3 is 5.32 Å². The number of rotatable bonds is 3. The first-order valence-electron chi connectivity index (χ1n) is 5.57. The van der Waals surface area contributed by atoms with Crippen molar-refractivity contribution in [3.8, 4) is 0 Å². The molecule has 0 saturated carbocycles. The Hall–Kier alpha value is -0.0800. The van der Waals surface area contributed by atoms with E-state index >= 15 is 0 Å². The van der Waals surface area contributed by atoms with E-state index in [9.17, 15) is 0 Å². The Balaban J connectivity index is 2.52. The summed E-state index contributed by atoms with van der Waals surface area (Å²) in [4.78, 5) is 2.64. The Kier molecular flexibility index (Phi) is 4.20. The summed E-state index contributed by atoms with van der Waals surface area (Å²) in [7, 11) is 0. The fraction of sp³-hybridized carbons (Fsp3) is 1.00. The average molecular weight is 184 g/mol. The van der Waals surface area contributed by atoms with E-state index in [1.807, 2.05) is 0 Å². The van der Waals surface area contributed by atoms with Crippen LogP contribution in [0.5, 0.6) is 0 Å². The third-order valence-corrected chi connectivity index (χ3v) is 2.94. The molecule has 1 rings (SSSR count). The van der Waals surface area contributed by atoms with E-state index in [2.05, 4.69) is 37.9 Å². The van der Waals surface area contributed by atoms with Crippen molar-refractivity contribution in [3.05, 3.63) is 0 Å². The largest absolute Gasteiger partial charge is 0.314 e. The van der Waals surface area contributed by atoms with E-state index in [1.54, 1.807) is 0 Å². The molecule has 2 heteroatoms. The van der Waals surface area contributed by atoms with Crippen LogP contribution in [0, 0.1) is 11.8 Å². The maximum atomic E-state index is 3.41. The van der Waals surface area contributed by atoms with Gasteiger partial charge in [0, 0.05) is 32.2 Å². The van der Waals surface area contributed by atoms with E-state index in [1.165, 1.54) is 13.1 Å². The molecule has 1 saturated heterocycles. The van der Waals surface area contributed by atoms with E-state index in [4.69, 9.17) is 0 Å². The van der Waals surface area contributed by atoms with Crippen molar-refractivity contribution < 1.29 is 0 Å². The molecule has 1 aliphatic heterocycles. The molecule has 78 valence electrons. The zero-order valence-electron chi connectivity index (χ0n) is 9.51. The Labute approximate surface area is 82.7 Å². The smallest absolute Gasteiger partial charge is 0.0142 e. The molecule has 0 unspecified atom stereocenters. The van der Waals surface area contributed by atoms with Gasteiger partial charge in [-0.05, 0) is 11.8 Å². The summed E-state index contributed by atoms with van der Waals surface area (Å²) in [6, 6.07) is 0.766. The highest BCUT2D eigenvalue weighted by Crippen LogP contribution is 2.19. The van der Waals surface area contributed by atoms with Crippen molar-refractivity contribution in [3.63, 3.8) is 0 Å². The van der Waals surface area contributed by atoms with Crippen LogP contribution in [0.15, 0.2) is 0 Å². The fourth-order valence-electron chi connectivity index (χ4n) is 2.59. The lowest BCUT2D eigenvalue weighted by Crippen LogP contribution is -2.51. The lowest BCUT2D eigenvalue weighted by Gasteiger charge is -2.39. The van der Waals surface area contributed by atoms with Crippen LogP contribution in [0.25, 0.3) is 0 Å². The van der Waals surface area contributed by atoms with Gasteiger partial charge in [0.05, 0.1) is 0 Å². The summed E-state index contributed by atoms with van der Waals surface area (Å²) in [6.07, 6.45) is 0. The van der Waals surface area contributed by atoms with Crippen LogP contribution >= 0.6 is 0 Å². The average Bonchev–Trinajstić information content (AvgIpc) is 2.04. The minimum Gasteiger partial charge on any atom is -0.314 e. The maximum absolute atomic E-state index is 3.41. The van der Waals surface area contributed by atoms with Gasteiger partial charge in [0.2, 0.25) is 0 Å². The van der Waals surface area contributed by atoms with Gasteiger partial charge in [0.1, 0.15) is 0 Å². The van der Waals surface area contributed by atoms with Gasteiger partial charge >= 0.3 is 0 Å². The number of hydrogen-bond acceptors (Lipinski definition) is 2. The molecule has 1 N–H and O–H groups in total. The molecule has 1 fully saturated rings. The molecule has 0 bridgehead atoms. The molecule has 0 spiro atoms. The third-order valence-electron chi connectivity index (χ3n) is 2.94. The van der Waals surface area contributed by atoms with Gasteiger partial charge in [-0.1, -0.05) is 27.7 Å². The fourth-order valence-corrected chi connectivity index (χ4v) is 2.59. The van der Waals surface area contributed by atoms with Crippen LogP contribution in [0.3, 0.4) is 0 Å². The first kappa shape index (κ1) is 11.0.